The van der Waals surface area contributed by atoms with Gasteiger partial charge in [0.05, 0.1) is 0 Å². The van der Waals surface area contributed by atoms with Crippen molar-refractivity contribution in [3.8, 4) is 0 Å². The summed E-state index contributed by atoms with van der Waals surface area (Å²) in [5, 5.41) is 7.40. The Morgan fingerprint density at radius 1 is 1.43 bits per heavy atom. The van der Waals surface area contributed by atoms with Gasteiger partial charge in [-0.25, -0.2) is 17.4 Å². The predicted molar refractivity (Wildman–Crippen MR) is 77.2 cm³/mol. The standard InChI is InChI=1S/C13H18N4O3S/c1-16-7-6-10(8-16)9-17(2)21(18,19)12-5-3-4-11-13(12)15-20-14-11/h3-5,10H,6-9H2,1-2H3. The maximum absolute atomic E-state index is 12.7. The first-order valence-electron chi connectivity index (χ1n) is 6.84. The molecule has 2 heterocycles. The predicted octanol–water partition coefficient (Wildman–Crippen LogP) is 0.795. The van der Waals surface area contributed by atoms with Gasteiger partial charge in [0.15, 0.2) is 5.52 Å². The Hall–Kier alpha value is -1.51. The van der Waals surface area contributed by atoms with Crippen molar-refractivity contribution in [2.45, 2.75) is 11.3 Å². The van der Waals surface area contributed by atoms with Crippen molar-refractivity contribution in [2.75, 3.05) is 33.7 Å². The average molecular weight is 310 g/mol. The van der Waals surface area contributed by atoms with Crippen LogP contribution in [0.4, 0.5) is 0 Å². The van der Waals surface area contributed by atoms with Crippen LogP contribution in [-0.2, 0) is 10.0 Å². The molecule has 1 aromatic carbocycles. The minimum absolute atomic E-state index is 0.148. The summed E-state index contributed by atoms with van der Waals surface area (Å²) in [5.41, 5.74) is 0.734. The van der Waals surface area contributed by atoms with E-state index >= 15 is 0 Å². The summed E-state index contributed by atoms with van der Waals surface area (Å²) in [6.45, 7) is 2.45. The molecule has 1 saturated heterocycles. The summed E-state index contributed by atoms with van der Waals surface area (Å²) in [6, 6.07) is 4.87. The van der Waals surface area contributed by atoms with Crippen molar-refractivity contribution >= 4 is 21.1 Å². The molecule has 2 aromatic rings. The van der Waals surface area contributed by atoms with Gasteiger partial charge in [-0.1, -0.05) is 6.07 Å². The minimum Gasteiger partial charge on any atom is -0.306 e. The summed E-state index contributed by atoms with van der Waals surface area (Å²) < 4.78 is 31.5. The van der Waals surface area contributed by atoms with Gasteiger partial charge in [-0.3, -0.25) is 0 Å². The molecule has 0 spiro atoms. The van der Waals surface area contributed by atoms with Crippen molar-refractivity contribution in [3.63, 3.8) is 0 Å². The number of aromatic nitrogens is 2. The summed E-state index contributed by atoms with van der Waals surface area (Å²) in [7, 11) is 0.0749. The van der Waals surface area contributed by atoms with Gasteiger partial charge >= 0.3 is 0 Å². The molecule has 0 radical (unpaired) electrons. The van der Waals surface area contributed by atoms with Crippen LogP contribution in [0.5, 0.6) is 0 Å². The van der Waals surface area contributed by atoms with Gasteiger partial charge in [0.1, 0.15) is 10.4 Å². The fourth-order valence-electron chi connectivity index (χ4n) is 2.79. The number of hydrogen-bond donors (Lipinski definition) is 0. The van der Waals surface area contributed by atoms with Crippen molar-refractivity contribution in [1.82, 2.24) is 19.5 Å². The molecule has 1 aliphatic heterocycles. The third-order valence-electron chi connectivity index (χ3n) is 3.94. The lowest BCUT2D eigenvalue weighted by molar-refractivity contribution is 0.315. The van der Waals surface area contributed by atoms with E-state index < -0.39 is 10.0 Å². The van der Waals surface area contributed by atoms with Crippen LogP contribution in [0.1, 0.15) is 6.42 Å². The zero-order valence-corrected chi connectivity index (χ0v) is 12.9. The average Bonchev–Trinajstić information content (AvgIpc) is 3.06. The molecule has 0 bridgehead atoms. The number of hydrogen-bond acceptors (Lipinski definition) is 6. The van der Waals surface area contributed by atoms with Gasteiger partial charge in [0.2, 0.25) is 10.0 Å². The molecule has 114 valence electrons. The third-order valence-corrected chi connectivity index (χ3v) is 5.80. The van der Waals surface area contributed by atoms with E-state index in [1.807, 2.05) is 0 Å². The normalized spacial score (nSPS) is 20.6. The van der Waals surface area contributed by atoms with Gasteiger partial charge in [-0.2, -0.15) is 0 Å². The molecule has 1 fully saturated rings. The molecular weight excluding hydrogens is 292 g/mol. The Balaban J connectivity index is 1.87. The maximum Gasteiger partial charge on any atom is 0.245 e. The molecule has 1 aromatic heterocycles. The quantitative estimate of drug-likeness (QED) is 0.831. The molecular formula is C13H18N4O3S. The van der Waals surface area contributed by atoms with Crippen LogP contribution in [0.25, 0.3) is 11.0 Å². The van der Waals surface area contributed by atoms with E-state index in [1.165, 1.54) is 4.31 Å². The largest absolute Gasteiger partial charge is 0.306 e. The van der Waals surface area contributed by atoms with Crippen LogP contribution in [-0.4, -0.2) is 61.7 Å². The SMILES string of the molecule is CN1CCC(CN(C)S(=O)(=O)c2cccc3nonc23)C1. The summed E-state index contributed by atoms with van der Waals surface area (Å²) in [6.07, 6.45) is 1.02. The molecule has 21 heavy (non-hydrogen) atoms. The van der Waals surface area contributed by atoms with Crippen LogP contribution >= 0.6 is 0 Å². The van der Waals surface area contributed by atoms with E-state index in [2.05, 4.69) is 26.9 Å². The van der Waals surface area contributed by atoms with Gasteiger partial charge in [0, 0.05) is 20.1 Å². The van der Waals surface area contributed by atoms with E-state index in [1.54, 1.807) is 25.2 Å². The van der Waals surface area contributed by atoms with Gasteiger partial charge in [-0.15, -0.1) is 0 Å². The number of fused-ring (bicyclic) bond motifs is 1. The number of likely N-dealkylation sites (tertiary alicyclic amines) is 1. The monoisotopic (exact) mass is 310 g/mol. The highest BCUT2D eigenvalue weighted by atomic mass is 32.2. The minimum atomic E-state index is -3.59. The first-order valence-corrected chi connectivity index (χ1v) is 8.28. The molecule has 1 atom stereocenters. The second-order valence-electron chi connectivity index (χ2n) is 5.59. The number of benzene rings is 1. The van der Waals surface area contributed by atoms with E-state index in [-0.39, 0.29) is 10.4 Å². The lowest BCUT2D eigenvalue weighted by atomic mass is 10.1. The first kappa shape index (κ1) is 14.4. The fourth-order valence-corrected chi connectivity index (χ4v) is 4.17. The van der Waals surface area contributed by atoms with Crippen LogP contribution in [0.3, 0.4) is 0 Å². The highest BCUT2D eigenvalue weighted by Crippen LogP contribution is 2.24. The molecule has 1 aliphatic rings. The maximum atomic E-state index is 12.7. The van der Waals surface area contributed by atoms with Crippen LogP contribution in [0.15, 0.2) is 27.7 Å². The highest BCUT2D eigenvalue weighted by molar-refractivity contribution is 7.89. The molecule has 0 N–H and O–H groups in total. The number of sulfonamides is 1. The Kier molecular flexibility index (Phi) is 3.68. The summed E-state index contributed by atoms with van der Waals surface area (Å²) in [4.78, 5) is 2.36. The zero-order valence-electron chi connectivity index (χ0n) is 12.1. The van der Waals surface area contributed by atoms with E-state index in [9.17, 15) is 8.42 Å². The van der Waals surface area contributed by atoms with Crippen molar-refractivity contribution in [1.29, 1.82) is 0 Å². The first-order chi connectivity index (χ1) is 9.98. The van der Waals surface area contributed by atoms with Crippen molar-refractivity contribution < 1.29 is 13.0 Å². The molecule has 0 aliphatic carbocycles. The number of nitrogens with zero attached hydrogens (tertiary/aromatic N) is 4. The van der Waals surface area contributed by atoms with Gasteiger partial charge in [-0.05, 0) is 48.4 Å². The molecule has 1 unspecified atom stereocenters. The van der Waals surface area contributed by atoms with Crippen LogP contribution in [0.2, 0.25) is 0 Å². The van der Waals surface area contributed by atoms with Gasteiger partial charge in [0.25, 0.3) is 0 Å². The smallest absolute Gasteiger partial charge is 0.245 e. The molecule has 8 heteroatoms. The van der Waals surface area contributed by atoms with Gasteiger partial charge < -0.3 is 4.90 Å². The highest BCUT2D eigenvalue weighted by Gasteiger charge is 2.29. The topological polar surface area (TPSA) is 79.5 Å². The number of rotatable bonds is 4. The second-order valence-corrected chi connectivity index (χ2v) is 7.60. The Morgan fingerprint density at radius 2 is 2.24 bits per heavy atom. The molecule has 7 nitrogen and oxygen atoms in total. The summed E-state index contributed by atoms with van der Waals surface area (Å²) in [5.74, 6) is 0.365. The Bertz CT molecular complexity index is 743. The van der Waals surface area contributed by atoms with E-state index in [0.29, 0.717) is 18.0 Å². The lowest BCUT2D eigenvalue weighted by Gasteiger charge is -2.20. The lowest BCUT2D eigenvalue weighted by Crippen LogP contribution is -2.33. The molecule has 0 saturated carbocycles. The van der Waals surface area contributed by atoms with Crippen molar-refractivity contribution in [3.05, 3.63) is 18.2 Å². The van der Waals surface area contributed by atoms with E-state index in [4.69, 9.17) is 0 Å². The van der Waals surface area contributed by atoms with Crippen molar-refractivity contribution in [2.24, 2.45) is 5.92 Å². The fraction of sp³-hybridized carbons (Fsp3) is 0.538. The zero-order chi connectivity index (χ0) is 15.0. The molecule has 0 amide bonds. The van der Waals surface area contributed by atoms with Crippen LogP contribution < -0.4 is 0 Å². The van der Waals surface area contributed by atoms with Crippen LogP contribution in [0, 0.1) is 5.92 Å². The third kappa shape index (κ3) is 2.66. The Morgan fingerprint density at radius 3 is 2.95 bits per heavy atom. The second kappa shape index (κ2) is 5.36. The van der Waals surface area contributed by atoms with E-state index in [0.717, 1.165) is 19.5 Å². The Labute approximate surface area is 123 Å². The summed E-state index contributed by atoms with van der Waals surface area (Å²) >= 11 is 0. The molecule has 3 rings (SSSR count).